The molecule has 11 rings (SSSR count). The van der Waals surface area contributed by atoms with E-state index in [0.717, 1.165) is 95.4 Å². The van der Waals surface area contributed by atoms with Crippen molar-refractivity contribution in [2.75, 3.05) is 4.90 Å². The molecular weight excluding hydrogens is 651 g/mol. The van der Waals surface area contributed by atoms with Gasteiger partial charge in [-0.05, 0) is 66.2 Å². The van der Waals surface area contributed by atoms with E-state index < -0.39 is 5.41 Å². The smallest absolute Gasteiger partial charge is 0.137 e. The van der Waals surface area contributed by atoms with E-state index in [1.54, 1.807) is 0 Å². The number of fused-ring (bicyclic) bond motifs is 11. The highest BCUT2D eigenvalue weighted by molar-refractivity contribution is 6.06. The Kier molecular flexibility index (Phi) is 6.43. The van der Waals surface area contributed by atoms with Gasteiger partial charge in [-0.15, -0.1) is 0 Å². The predicted octanol–water partition coefficient (Wildman–Crippen LogP) is 13.3. The quantitative estimate of drug-likeness (QED) is 0.185. The number of hydrogen-bond donors (Lipinski definition) is 0. The van der Waals surface area contributed by atoms with Crippen LogP contribution in [0.25, 0.3) is 33.1 Å². The summed E-state index contributed by atoms with van der Waals surface area (Å²) in [5.74, 6) is 3.31. The van der Waals surface area contributed by atoms with Gasteiger partial charge in [0.2, 0.25) is 0 Å². The summed E-state index contributed by atoms with van der Waals surface area (Å²) in [4.78, 5) is 2.35. The second-order valence-electron chi connectivity index (χ2n) is 13.6. The molecule has 250 valence electrons. The lowest BCUT2D eigenvalue weighted by Gasteiger charge is -2.45. The van der Waals surface area contributed by atoms with Crippen molar-refractivity contribution in [1.29, 1.82) is 0 Å². The van der Waals surface area contributed by atoms with Gasteiger partial charge in [0.05, 0.1) is 11.1 Å². The zero-order chi connectivity index (χ0) is 34.9. The van der Waals surface area contributed by atoms with E-state index >= 15 is 0 Å². The second-order valence-corrected chi connectivity index (χ2v) is 13.6. The van der Waals surface area contributed by atoms with Crippen LogP contribution < -0.4 is 14.4 Å². The first-order chi connectivity index (χ1) is 26.3. The van der Waals surface area contributed by atoms with Gasteiger partial charge in [-0.2, -0.15) is 0 Å². The van der Waals surface area contributed by atoms with Crippen LogP contribution in [0.4, 0.5) is 17.1 Å². The molecule has 0 atom stereocenters. The summed E-state index contributed by atoms with van der Waals surface area (Å²) in [5, 5.41) is 2.19. The fraction of sp³-hybridized carbons (Fsp3) is 0.0204. The highest BCUT2D eigenvalue weighted by Gasteiger charge is 2.50. The van der Waals surface area contributed by atoms with Gasteiger partial charge >= 0.3 is 0 Å². The molecular formula is C49H31NO3. The third-order valence-corrected chi connectivity index (χ3v) is 10.8. The van der Waals surface area contributed by atoms with Gasteiger partial charge in [0.1, 0.15) is 34.2 Å². The molecule has 9 aromatic rings. The van der Waals surface area contributed by atoms with E-state index in [1.807, 2.05) is 30.3 Å². The van der Waals surface area contributed by atoms with Crippen molar-refractivity contribution in [3.8, 4) is 34.1 Å². The lowest BCUT2D eigenvalue weighted by molar-refractivity contribution is 0.399. The van der Waals surface area contributed by atoms with Crippen LogP contribution in [0.15, 0.2) is 192 Å². The number of benzene rings is 8. The summed E-state index contributed by atoms with van der Waals surface area (Å²) in [5.41, 5.74) is 10.6. The van der Waals surface area contributed by atoms with Crippen molar-refractivity contribution in [2.45, 2.75) is 5.41 Å². The fourth-order valence-corrected chi connectivity index (χ4v) is 8.55. The standard InChI is InChI=1S/C49H31NO3/c1-2-14-32(15-3-1)35-16-4-9-21-42(35)50(34-26-28-37-36-17-5-10-22-43(36)51-48(37)31-34)33-27-29-47-41(30-33)49(40-20-8-13-25-46(40)53-47)38-18-6-11-23-44(38)52-45-24-12-7-19-39(45)49/h1-31H. The summed E-state index contributed by atoms with van der Waals surface area (Å²) in [7, 11) is 0. The van der Waals surface area contributed by atoms with Gasteiger partial charge in [-0.25, -0.2) is 0 Å². The van der Waals surface area contributed by atoms with Crippen LogP contribution in [0.3, 0.4) is 0 Å². The van der Waals surface area contributed by atoms with Gasteiger partial charge in [0.15, 0.2) is 0 Å². The van der Waals surface area contributed by atoms with Gasteiger partial charge < -0.3 is 18.8 Å². The third kappa shape index (κ3) is 4.36. The molecule has 2 aliphatic heterocycles. The molecule has 8 aromatic carbocycles. The first kappa shape index (κ1) is 29.7. The Hall–Kier alpha value is -7.04. The lowest BCUT2D eigenvalue weighted by Crippen LogP contribution is -2.37. The zero-order valence-corrected chi connectivity index (χ0v) is 28.6. The Morgan fingerprint density at radius 1 is 0.377 bits per heavy atom. The summed E-state index contributed by atoms with van der Waals surface area (Å²) in [6.45, 7) is 0. The SMILES string of the molecule is c1ccc(-c2ccccc2N(c2ccc3c(c2)C2(c4ccccc4Oc4ccccc42)c2ccccc2O3)c2ccc3c(c2)oc2ccccc23)cc1. The number of hydrogen-bond acceptors (Lipinski definition) is 4. The largest absolute Gasteiger partial charge is 0.457 e. The van der Waals surface area contributed by atoms with E-state index in [0.29, 0.717) is 0 Å². The maximum atomic E-state index is 6.79. The Balaban J connectivity index is 1.21. The number of ether oxygens (including phenoxy) is 2. The minimum atomic E-state index is -0.709. The third-order valence-electron chi connectivity index (χ3n) is 10.8. The number of rotatable bonds is 4. The number of para-hydroxylation sites is 5. The molecule has 0 aliphatic carbocycles. The van der Waals surface area contributed by atoms with Gasteiger partial charge in [-0.1, -0.05) is 121 Å². The minimum absolute atomic E-state index is 0.709. The molecule has 0 saturated heterocycles. The van der Waals surface area contributed by atoms with Gasteiger partial charge in [-0.3, -0.25) is 0 Å². The maximum absolute atomic E-state index is 6.79. The molecule has 0 unspecified atom stereocenters. The number of furan rings is 1. The van der Waals surface area contributed by atoms with Crippen molar-refractivity contribution in [1.82, 2.24) is 0 Å². The van der Waals surface area contributed by atoms with Crippen LogP contribution in [-0.2, 0) is 5.41 Å². The normalized spacial score (nSPS) is 13.4. The first-order valence-corrected chi connectivity index (χ1v) is 17.9. The zero-order valence-electron chi connectivity index (χ0n) is 28.6. The molecule has 3 heterocycles. The highest BCUT2D eigenvalue weighted by atomic mass is 16.5. The topological polar surface area (TPSA) is 34.8 Å². The number of anilines is 3. The van der Waals surface area contributed by atoms with Crippen molar-refractivity contribution in [3.63, 3.8) is 0 Å². The predicted molar refractivity (Wildman–Crippen MR) is 212 cm³/mol. The molecule has 0 saturated carbocycles. The van der Waals surface area contributed by atoms with Gasteiger partial charge in [0, 0.05) is 56.0 Å². The summed E-state index contributed by atoms with van der Waals surface area (Å²) < 4.78 is 19.9. The molecule has 2 aliphatic rings. The Bertz CT molecular complexity index is 2770. The van der Waals surface area contributed by atoms with Crippen molar-refractivity contribution in [3.05, 3.63) is 210 Å². The number of nitrogens with zero attached hydrogens (tertiary/aromatic N) is 1. The van der Waals surface area contributed by atoms with E-state index in [9.17, 15) is 0 Å². The van der Waals surface area contributed by atoms with Crippen LogP contribution in [0.2, 0.25) is 0 Å². The molecule has 4 heteroatoms. The van der Waals surface area contributed by atoms with Crippen molar-refractivity contribution >= 4 is 39.0 Å². The van der Waals surface area contributed by atoms with Crippen molar-refractivity contribution < 1.29 is 13.9 Å². The second kappa shape index (κ2) is 11.5. The van der Waals surface area contributed by atoms with Crippen LogP contribution in [0, 0.1) is 0 Å². The summed E-state index contributed by atoms with van der Waals surface area (Å²) >= 11 is 0. The van der Waals surface area contributed by atoms with Crippen LogP contribution in [0.1, 0.15) is 22.3 Å². The molecule has 1 aromatic heterocycles. The molecule has 53 heavy (non-hydrogen) atoms. The van der Waals surface area contributed by atoms with E-state index in [4.69, 9.17) is 13.9 Å². The summed E-state index contributed by atoms with van der Waals surface area (Å²) in [6.07, 6.45) is 0. The molecule has 4 nitrogen and oxygen atoms in total. The van der Waals surface area contributed by atoms with Gasteiger partial charge in [0.25, 0.3) is 0 Å². The minimum Gasteiger partial charge on any atom is -0.457 e. The molecule has 0 radical (unpaired) electrons. The molecule has 0 N–H and O–H groups in total. The van der Waals surface area contributed by atoms with E-state index in [1.165, 1.54) is 0 Å². The monoisotopic (exact) mass is 681 g/mol. The fourth-order valence-electron chi connectivity index (χ4n) is 8.55. The average Bonchev–Trinajstić information content (AvgIpc) is 3.59. The van der Waals surface area contributed by atoms with E-state index in [2.05, 4.69) is 163 Å². The van der Waals surface area contributed by atoms with E-state index in [-0.39, 0.29) is 0 Å². The maximum Gasteiger partial charge on any atom is 0.137 e. The van der Waals surface area contributed by atoms with Crippen molar-refractivity contribution in [2.24, 2.45) is 0 Å². The highest BCUT2D eigenvalue weighted by Crippen LogP contribution is 2.62. The van der Waals surface area contributed by atoms with Crippen LogP contribution in [0.5, 0.6) is 23.0 Å². The first-order valence-electron chi connectivity index (χ1n) is 17.9. The average molecular weight is 682 g/mol. The molecule has 0 amide bonds. The van der Waals surface area contributed by atoms with Crippen LogP contribution >= 0.6 is 0 Å². The Morgan fingerprint density at radius 2 is 0.906 bits per heavy atom. The van der Waals surface area contributed by atoms with Crippen LogP contribution in [-0.4, -0.2) is 0 Å². The molecule has 0 fully saturated rings. The molecule has 1 spiro atoms. The summed E-state index contributed by atoms with van der Waals surface area (Å²) in [6, 6.07) is 65.8. The lowest BCUT2D eigenvalue weighted by atomic mass is 9.62. The Labute approximate surface area is 306 Å². The Morgan fingerprint density at radius 3 is 1.62 bits per heavy atom. The molecule has 0 bridgehead atoms.